The third-order valence-electron chi connectivity index (χ3n) is 5.68. The first-order chi connectivity index (χ1) is 17.1. The van der Waals surface area contributed by atoms with Crippen molar-refractivity contribution in [1.82, 2.24) is 25.2 Å². The van der Waals surface area contributed by atoms with Crippen LogP contribution in [0.25, 0.3) is 22.2 Å². The first-order valence-corrected chi connectivity index (χ1v) is 13.5. The molecule has 36 heavy (non-hydrogen) atoms. The summed E-state index contributed by atoms with van der Waals surface area (Å²) in [7, 11) is 0. The van der Waals surface area contributed by atoms with E-state index < -0.39 is 11.5 Å². The lowest BCUT2D eigenvalue weighted by Crippen LogP contribution is -2.45. The van der Waals surface area contributed by atoms with Crippen LogP contribution >= 0.6 is 35.0 Å². The van der Waals surface area contributed by atoms with Gasteiger partial charge < -0.3 is 15.0 Å². The Morgan fingerprint density at radius 3 is 2.61 bits per heavy atom. The zero-order valence-electron chi connectivity index (χ0n) is 20.5. The van der Waals surface area contributed by atoms with Crippen LogP contribution in [0, 0.1) is 0 Å². The highest BCUT2D eigenvalue weighted by molar-refractivity contribution is 7.98. The molecule has 0 saturated carbocycles. The van der Waals surface area contributed by atoms with Gasteiger partial charge >= 0.3 is 6.09 Å². The molecular formula is C25H27Cl2N5O3S. The lowest BCUT2D eigenvalue weighted by molar-refractivity contribution is 0.0225. The van der Waals surface area contributed by atoms with E-state index in [1.807, 2.05) is 27.0 Å². The third-order valence-corrected chi connectivity index (χ3v) is 6.87. The van der Waals surface area contributed by atoms with Gasteiger partial charge in [0, 0.05) is 45.8 Å². The second-order valence-electron chi connectivity index (χ2n) is 9.43. The summed E-state index contributed by atoms with van der Waals surface area (Å²) in [6, 6.07) is 6.75. The molecule has 1 N–H and O–H groups in total. The number of nitrogens with one attached hydrogen (secondary N) is 1. The summed E-state index contributed by atoms with van der Waals surface area (Å²) in [6.07, 6.45) is 4.74. The van der Waals surface area contributed by atoms with Gasteiger partial charge in [0.05, 0.1) is 6.04 Å². The number of benzene rings is 1. The number of hydrogen-bond acceptors (Lipinski definition) is 7. The van der Waals surface area contributed by atoms with E-state index in [2.05, 4.69) is 20.3 Å². The Bertz CT molecular complexity index is 1290. The quantitative estimate of drug-likeness (QED) is 0.316. The summed E-state index contributed by atoms with van der Waals surface area (Å²) in [5.74, 6) is -0.414. The Morgan fingerprint density at radius 2 is 1.94 bits per heavy atom. The highest BCUT2D eigenvalue weighted by Crippen LogP contribution is 2.37. The number of aromatic nitrogens is 3. The molecule has 1 aliphatic heterocycles. The number of nitrogens with zero attached hydrogens (tertiary/aromatic N) is 4. The minimum atomic E-state index is -0.594. The van der Waals surface area contributed by atoms with E-state index in [1.165, 1.54) is 11.8 Å². The number of rotatable bonds is 5. The summed E-state index contributed by atoms with van der Waals surface area (Å²) in [4.78, 5) is 41.1. The van der Waals surface area contributed by atoms with Crippen molar-refractivity contribution in [1.29, 1.82) is 0 Å². The van der Waals surface area contributed by atoms with E-state index >= 15 is 0 Å². The van der Waals surface area contributed by atoms with Gasteiger partial charge in [-0.15, -0.1) is 0 Å². The average Bonchev–Trinajstić information content (AvgIpc) is 3.29. The Hall–Kier alpha value is -2.62. The largest absolute Gasteiger partial charge is 0.444 e. The molecular weight excluding hydrogens is 521 g/mol. The predicted molar refractivity (Wildman–Crippen MR) is 143 cm³/mol. The molecule has 3 heterocycles. The minimum absolute atomic E-state index is 0.144. The van der Waals surface area contributed by atoms with Crippen molar-refractivity contribution in [2.24, 2.45) is 0 Å². The molecule has 0 spiro atoms. The van der Waals surface area contributed by atoms with E-state index in [0.29, 0.717) is 43.9 Å². The second kappa shape index (κ2) is 10.8. The zero-order valence-corrected chi connectivity index (χ0v) is 22.8. The summed E-state index contributed by atoms with van der Waals surface area (Å²) >= 11 is 14.4. The Morgan fingerprint density at radius 1 is 1.22 bits per heavy atom. The fourth-order valence-corrected chi connectivity index (χ4v) is 5.00. The number of likely N-dealkylation sites (tertiary alicyclic amines) is 1. The van der Waals surface area contributed by atoms with Crippen LogP contribution in [0.4, 0.5) is 4.79 Å². The van der Waals surface area contributed by atoms with Crippen LogP contribution in [0.3, 0.4) is 0 Å². The summed E-state index contributed by atoms with van der Waals surface area (Å²) in [5.41, 5.74) is 0.924. The van der Waals surface area contributed by atoms with Crippen molar-refractivity contribution in [3.63, 3.8) is 0 Å². The molecule has 1 fully saturated rings. The molecule has 11 heteroatoms. The summed E-state index contributed by atoms with van der Waals surface area (Å²) in [6.45, 7) is 6.33. The lowest BCUT2D eigenvalue weighted by Gasteiger charge is -2.28. The van der Waals surface area contributed by atoms with Gasteiger partial charge in [-0.3, -0.25) is 4.79 Å². The van der Waals surface area contributed by atoms with Gasteiger partial charge in [-0.05, 0) is 58.1 Å². The Labute approximate surface area is 224 Å². The molecule has 1 unspecified atom stereocenters. The molecule has 1 aromatic carbocycles. The molecule has 0 aliphatic carbocycles. The standard InChI is InChI=1S/C25H27Cl2N5O3S/c1-25(2,3)35-24(34)32-10-6-7-15(32)13-28-22(33)20-16(19-17(26)8-5-9-18(19)27)11-14-12-29-23(36-4)31-21(14)30-20/h5,8-9,11-12,15H,6-7,10,13H2,1-4H3,(H,28,33). The molecule has 2 aromatic heterocycles. The Balaban J connectivity index is 1.66. The number of pyridine rings is 1. The number of amides is 2. The van der Waals surface area contributed by atoms with Gasteiger partial charge in [0.15, 0.2) is 10.8 Å². The lowest BCUT2D eigenvalue weighted by atomic mass is 10.0. The van der Waals surface area contributed by atoms with Crippen molar-refractivity contribution in [2.45, 2.75) is 50.4 Å². The van der Waals surface area contributed by atoms with Crippen LogP contribution < -0.4 is 5.32 Å². The monoisotopic (exact) mass is 547 g/mol. The highest BCUT2D eigenvalue weighted by atomic mass is 35.5. The zero-order chi connectivity index (χ0) is 26.0. The van der Waals surface area contributed by atoms with Crippen molar-refractivity contribution < 1.29 is 14.3 Å². The first-order valence-electron chi connectivity index (χ1n) is 11.5. The molecule has 1 atom stereocenters. The topological polar surface area (TPSA) is 97.3 Å². The van der Waals surface area contributed by atoms with E-state index in [0.717, 1.165) is 12.8 Å². The maximum atomic E-state index is 13.5. The third kappa shape index (κ3) is 5.85. The van der Waals surface area contributed by atoms with E-state index in [1.54, 1.807) is 35.4 Å². The van der Waals surface area contributed by atoms with Gasteiger partial charge in [0.2, 0.25) is 0 Å². The second-order valence-corrected chi connectivity index (χ2v) is 11.0. The molecule has 190 valence electrons. The normalized spacial score (nSPS) is 15.8. The first kappa shape index (κ1) is 26.4. The maximum Gasteiger partial charge on any atom is 0.410 e. The fraction of sp³-hybridized carbons (Fsp3) is 0.400. The fourth-order valence-electron chi connectivity index (χ4n) is 4.07. The number of carbonyl (C=O) groups excluding carboxylic acids is 2. The Kier molecular flexibility index (Phi) is 7.92. The van der Waals surface area contributed by atoms with Gasteiger partial charge in [-0.1, -0.05) is 41.0 Å². The number of ether oxygens (including phenoxy) is 1. The summed E-state index contributed by atoms with van der Waals surface area (Å²) in [5, 5.41) is 4.93. The molecule has 4 rings (SSSR count). The molecule has 1 saturated heterocycles. The number of fused-ring (bicyclic) bond motifs is 1. The number of thioether (sulfide) groups is 1. The molecule has 2 amide bonds. The van der Waals surface area contributed by atoms with Crippen LogP contribution in [0.5, 0.6) is 0 Å². The molecule has 0 radical (unpaired) electrons. The highest BCUT2D eigenvalue weighted by Gasteiger charge is 2.32. The molecule has 0 bridgehead atoms. The van der Waals surface area contributed by atoms with E-state index in [4.69, 9.17) is 27.9 Å². The summed E-state index contributed by atoms with van der Waals surface area (Å²) < 4.78 is 5.53. The van der Waals surface area contributed by atoms with Gasteiger partial charge in [-0.2, -0.15) is 0 Å². The SMILES string of the molecule is CSc1ncc2cc(-c3c(Cl)cccc3Cl)c(C(=O)NCC3CCCN3C(=O)OC(C)(C)C)nc2n1. The van der Waals surface area contributed by atoms with Crippen molar-refractivity contribution in [3.8, 4) is 11.1 Å². The molecule has 8 nitrogen and oxygen atoms in total. The van der Waals surface area contributed by atoms with E-state index in [-0.39, 0.29) is 24.4 Å². The maximum absolute atomic E-state index is 13.5. The van der Waals surface area contributed by atoms with Gasteiger partial charge in [0.1, 0.15) is 11.3 Å². The van der Waals surface area contributed by atoms with Crippen LogP contribution in [-0.2, 0) is 4.74 Å². The molecule has 3 aromatic rings. The van der Waals surface area contributed by atoms with Crippen LogP contribution in [-0.4, -0.2) is 62.8 Å². The van der Waals surface area contributed by atoms with Crippen molar-refractivity contribution in [3.05, 3.63) is 46.2 Å². The van der Waals surface area contributed by atoms with Crippen LogP contribution in [0.2, 0.25) is 10.0 Å². The number of carbonyl (C=O) groups is 2. The van der Waals surface area contributed by atoms with Crippen LogP contribution in [0.1, 0.15) is 44.1 Å². The van der Waals surface area contributed by atoms with Gasteiger partial charge in [-0.25, -0.2) is 19.7 Å². The number of halogens is 2. The predicted octanol–water partition coefficient (Wildman–Crippen LogP) is 5.85. The van der Waals surface area contributed by atoms with E-state index in [9.17, 15) is 9.59 Å². The smallest absolute Gasteiger partial charge is 0.410 e. The minimum Gasteiger partial charge on any atom is -0.444 e. The van der Waals surface area contributed by atoms with Crippen LogP contribution in [0.15, 0.2) is 35.6 Å². The average molecular weight is 548 g/mol. The molecule has 1 aliphatic rings. The number of hydrogen-bond donors (Lipinski definition) is 1. The van der Waals surface area contributed by atoms with Gasteiger partial charge in [0.25, 0.3) is 5.91 Å². The van der Waals surface area contributed by atoms with Crippen molar-refractivity contribution in [2.75, 3.05) is 19.3 Å². The van der Waals surface area contributed by atoms with Crippen molar-refractivity contribution >= 4 is 58.0 Å².